The highest BCUT2D eigenvalue weighted by Crippen LogP contribution is 2.20. The second kappa shape index (κ2) is 5.58. The molecule has 0 saturated carbocycles. The monoisotopic (exact) mass is 245 g/mol. The van der Waals surface area contributed by atoms with Crippen LogP contribution in [0, 0.1) is 0 Å². The Morgan fingerprint density at radius 3 is 2.78 bits per heavy atom. The average Bonchev–Trinajstić information content (AvgIpc) is 2.73. The van der Waals surface area contributed by atoms with Crippen molar-refractivity contribution in [2.45, 2.75) is 26.5 Å². The van der Waals surface area contributed by atoms with Gasteiger partial charge in [-0.1, -0.05) is 18.2 Å². The largest absolute Gasteiger partial charge is 0.491 e. The van der Waals surface area contributed by atoms with E-state index < -0.39 is 0 Å². The van der Waals surface area contributed by atoms with E-state index in [-0.39, 0.29) is 6.10 Å². The standard InChI is InChI=1S/C14H19N3O/c1-11(2)18-14-7-5-4-6-12(14)8-15-13-9-16-17(3)10-13/h4-7,9-11,15H,8H2,1-3H3. The van der Waals surface area contributed by atoms with Gasteiger partial charge in [0.25, 0.3) is 0 Å². The van der Waals surface area contributed by atoms with Gasteiger partial charge in [0.2, 0.25) is 0 Å². The number of ether oxygens (including phenoxy) is 1. The van der Waals surface area contributed by atoms with E-state index in [2.05, 4.69) is 16.5 Å². The molecule has 0 aliphatic rings. The lowest BCUT2D eigenvalue weighted by molar-refractivity contribution is 0.240. The number of benzene rings is 1. The summed E-state index contributed by atoms with van der Waals surface area (Å²) in [7, 11) is 1.90. The van der Waals surface area contributed by atoms with Gasteiger partial charge in [-0.25, -0.2) is 0 Å². The van der Waals surface area contributed by atoms with Gasteiger partial charge in [-0.3, -0.25) is 4.68 Å². The van der Waals surface area contributed by atoms with E-state index in [0.717, 1.165) is 23.5 Å². The number of nitrogens with one attached hydrogen (secondary N) is 1. The Morgan fingerprint density at radius 1 is 1.33 bits per heavy atom. The SMILES string of the molecule is CC(C)Oc1ccccc1CNc1cnn(C)c1. The average molecular weight is 245 g/mol. The molecule has 0 saturated heterocycles. The maximum absolute atomic E-state index is 5.78. The Hall–Kier alpha value is -1.97. The predicted octanol–water partition coefficient (Wildman–Crippen LogP) is 2.82. The summed E-state index contributed by atoms with van der Waals surface area (Å²) in [6.45, 7) is 4.80. The Morgan fingerprint density at radius 2 is 2.11 bits per heavy atom. The van der Waals surface area contributed by atoms with Crippen LogP contribution in [0.4, 0.5) is 5.69 Å². The molecule has 0 aliphatic heterocycles. The van der Waals surface area contributed by atoms with Gasteiger partial charge in [0.05, 0.1) is 18.0 Å². The van der Waals surface area contributed by atoms with E-state index >= 15 is 0 Å². The van der Waals surface area contributed by atoms with Crippen molar-refractivity contribution in [1.82, 2.24) is 9.78 Å². The molecule has 0 radical (unpaired) electrons. The quantitative estimate of drug-likeness (QED) is 0.880. The molecule has 2 aromatic rings. The summed E-state index contributed by atoms with van der Waals surface area (Å²) in [6, 6.07) is 8.08. The number of hydrogen-bond donors (Lipinski definition) is 1. The van der Waals surface area contributed by atoms with Crippen molar-refractivity contribution in [2.24, 2.45) is 7.05 Å². The molecule has 0 aliphatic carbocycles. The summed E-state index contributed by atoms with van der Waals surface area (Å²) < 4.78 is 7.55. The lowest BCUT2D eigenvalue weighted by Crippen LogP contribution is -2.09. The van der Waals surface area contributed by atoms with E-state index in [0.29, 0.717) is 0 Å². The number of aromatic nitrogens is 2. The number of hydrogen-bond acceptors (Lipinski definition) is 3. The minimum atomic E-state index is 0.185. The first-order chi connectivity index (χ1) is 8.65. The molecule has 2 rings (SSSR count). The predicted molar refractivity (Wildman–Crippen MR) is 72.7 cm³/mol. The Balaban J connectivity index is 2.04. The van der Waals surface area contributed by atoms with Gasteiger partial charge >= 0.3 is 0 Å². The van der Waals surface area contributed by atoms with Gasteiger partial charge in [0.1, 0.15) is 5.75 Å². The zero-order valence-electron chi connectivity index (χ0n) is 11.1. The first-order valence-electron chi connectivity index (χ1n) is 6.12. The summed E-state index contributed by atoms with van der Waals surface area (Å²) in [4.78, 5) is 0. The Bertz CT molecular complexity index is 505. The molecule has 96 valence electrons. The smallest absolute Gasteiger partial charge is 0.124 e. The van der Waals surface area contributed by atoms with E-state index in [9.17, 15) is 0 Å². The Kier molecular flexibility index (Phi) is 3.87. The van der Waals surface area contributed by atoms with Crippen LogP contribution in [0.15, 0.2) is 36.7 Å². The van der Waals surface area contributed by atoms with Gasteiger partial charge in [-0.15, -0.1) is 0 Å². The minimum Gasteiger partial charge on any atom is -0.491 e. The number of para-hydroxylation sites is 1. The van der Waals surface area contributed by atoms with Crippen molar-refractivity contribution < 1.29 is 4.74 Å². The maximum atomic E-state index is 5.78. The molecule has 1 aromatic heterocycles. The van der Waals surface area contributed by atoms with Gasteiger partial charge in [0, 0.05) is 25.4 Å². The molecule has 0 amide bonds. The second-order valence-electron chi connectivity index (χ2n) is 4.53. The van der Waals surface area contributed by atoms with E-state index in [1.165, 1.54) is 0 Å². The zero-order valence-corrected chi connectivity index (χ0v) is 11.1. The zero-order chi connectivity index (χ0) is 13.0. The van der Waals surface area contributed by atoms with Crippen LogP contribution < -0.4 is 10.1 Å². The van der Waals surface area contributed by atoms with E-state index in [1.54, 1.807) is 4.68 Å². The van der Waals surface area contributed by atoms with Crippen molar-refractivity contribution in [1.29, 1.82) is 0 Å². The van der Waals surface area contributed by atoms with Crippen LogP contribution in [-0.2, 0) is 13.6 Å². The van der Waals surface area contributed by atoms with Crippen LogP contribution in [0.5, 0.6) is 5.75 Å². The van der Waals surface area contributed by atoms with Crippen LogP contribution in [0.1, 0.15) is 19.4 Å². The Labute approximate surface area is 108 Å². The van der Waals surface area contributed by atoms with E-state index in [1.807, 2.05) is 51.5 Å². The van der Waals surface area contributed by atoms with Crippen molar-refractivity contribution in [3.8, 4) is 5.75 Å². The third kappa shape index (κ3) is 3.26. The molecule has 18 heavy (non-hydrogen) atoms. The number of nitrogens with zero attached hydrogens (tertiary/aromatic N) is 2. The van der Waals surface area contributed by atoms with Gasteiger partial charge in [0.15, 0.2) is 0 Å². The minimum absolute atomic E-state index is 0.185. The van der Waals surface area contributed by atoms with Crippen molar-refractivity contribution >= 4 is 5.69 Å². The first kappa shape index (κ1) is 12.5. The van der Waals surface area contributed by atoms with Crippen molar-refractivity contribution in [3.63, 3.8) is 0 Å². The van der Waals surface area contributed by atoms with Crippen molar-refractivity contribution in [3.05, 3.63) is 42.2 Å². The van der Waals surface area contributed by atoms with Crippen molar-refractivity contribution in [2.75, 3.05) is 5.32 Å². The fourth-order valence-corrected chi connectivity index (χ4v) is 1.73. The van der Waals surface area contributed by atoms with Crippen LogP contribution in [0.2, 0.25) is 0 Å². The molecular formula is C14H19N3O. The lowest BCUT2D eigenvalue weighted by Gasteiger charge is -2.14. The summed E-state index contributed by atoms with van der Waals surface area (Å²) in [5, 5.41) is 7.45. The molecule has 4 heteroatoms. The maximum Gasteiger partial charge on any atom is 0.124 e. The fourth-order valence-electron chi connectivity index (χ4n) is 1.73. The summed E-state index contributed by atoms with van der Waals surface area (Å²) >= 11 is 0. The normalized spacial score (nSPS) is 10.7. The molecule has 1 heterocycles. The fraction of sp³-hybridized carbons (Fsp3) is 0.357. The van der Waals surface area contributed by atoms with Crippen LogP contribution in [0.25, 0.3) is 0 Å². The van der Waals surface area contributed by atoms with Crippen LogP contribution >= 0.6 is 0 Å². The second-order valence-corrected chi connectivity index (χ2v) is 4.53. The van der Waals surface area contributed by atoms with E-state index in [4.69, 9.17) is 4.74 Å². The molecular weight excluding hydrogens is 226 g/mol. The topological polar surface area (TPSA) is 39.1 Å². The molecule has 4 nitrogen and oxygen atoms in total. The molecule has 1 aromatic carbocycles. The molecule has 0 atom stereocenters. The highest BCUT2D eigenvalue weighted by molar-refractivity contribution is 5.42. The molecule has 0 spiro atoms. The number of aryl methyl sites for hydroxylation is 1. The van der Waals surface area contributed by atoms with Crippen LogP contribution in [0.3, 0.4) is 0 Å². The molecule has 1 N–H and O–H groups in total. The van der Waals surface area contributed by atoms with Crippen LogP contribution in [-0.4, -0.2) is 15.9 Å². The first-order valence-corrected chi connectivity index (χ1v) is 6.12. The summed E-state index contributed by atoms with van der Waals surface area (Å²) in [5.41, 5.74) is 2.16. The molecule has 0 unspecified atom stereocenters. The summed E-state index contributed by atoms with van der Waals surface area (Å²) in [5.74, 6) is 0.934. The number of rotatable bonds is 5. The lowest BCUT2D eigenvalue weighted by atomic mass is 10.2. The van der Waals surface area contributed by atoms with Gasteiger partial charge < -0.3 is 10.1 Å². The third-order valence-corrected chi connectivity index (χ3v) is 2.52. The highest BCUT2D eigenvalue weighted by Gasteiger charge is 2.05. The third-order valence-electron chi connectivity index (χ3n) is 2.52. The number of anilines is 1. The molecule has 0 bridgehead atoms. The van der Waals surface area contributed by atoms with Gasteiger partial charge in [-0.05, 0) is 19.9 Å². The highest BCUT2D eigenvalue weighted by atomic mass is 16.5. The van der Waals surface area contributed by atoms with Gasteiger partial charge in [-0.2, -0.15) is 5.10 Å². The summed E-state index contributed by atoms with van der Waals surface area (Å²) in [6.07, 6.45) is 3.95. The molecule has 0 fully saturated rings.